The summed E-state index contributed by atoms with van der Waals surface area (Å²) in [6.45, 7) is 16.4. The van der Waals surface area contributed by atoms with Crippen molar-refractivity contribution in [1.29, 1.82) is 0 Å². The van der Waals surface area contributed by atoms with Crippen LogP contribution >= 0.6 is 0 Å². The summed E-state index contributed by atoms with van der Waals surface area (Å²) in [5.41, 5.74) is 0. The maximum Gasteiger partial charge on any atom is 0.0701 e. The van der Waals surface area contributed by atoms with Crippen LogP contribution in [-0.4, -0.2) is 132 Å². The molecule has 10 nitrogen and oxygen atoms in total. The molecule has 0 radical (unpaired) electrons. The fourth-order valence-electron chi connectivity index (χ4n) is 4.76. The van der Waals surface area contributed by atoms with Gasteiger partial charge in [0.2, 0.25) is 0 Å². The van der Waals surface area contributed by atoms with Gasteiger partial charge in [-0.05, 0) is 12.8 Å². The Morgan fingerprint density at radius 3 is 0.542 bits per heavy atom. The van der Waals surface area contributed by atoms with Crippen molar-refractivity contribution in [3.63, 3.8) is 0 Å². The van der Waals surface area contributed by atoms with E-state index >= 15 is 0 Å². The average Bonchev–Trinajstić information content (AvgIpc) is 3.10. The van der Waals surface area contributed by atoms with E-state index in [2.05, 4.69) is 13.8 Å². The first-order chi connectivity index (χ1) is 23.9. The van der Waals surface area contributed by atoms with Gasteiger partial charge in [-0.25, -0.2) is 0 Å². The quantitative estimate of drug-likeness (QED) is 0.0600. The molecule has 0 aliphatic rings. The van der Waals surface area contributed by atoms with Gasteiger partial charge in [-0.2, -0.15) is 0 Å². The highest BCUT2D eigenvalue weighted by molar-refractivity contribution is 4.49. The molecule has 48 heavy (non-hydrogen) atoms. The fraction of sp³-hybridized carbons (Fsp3) is 1.00. The second-order valence-corrected chi connectivity index (χ2v) is 12.1. The van der Waals surface area contributed by atoms with E-state index in [4.69, 9.17) is 47.4 Å². The van der Waals surface area contributed by atoms with E-state index in [1.54, 1.807) is 0 Å². The second-order valence-electron chi connectivity index (χ2n) is 12.1. The van der Waals surface area contributed by atoms with Crippen LogP contribution in [-0.2, 0) is 47.4 Å². The van der Waals surface area contributed by atoms with Crippen molar-refractivity contribution in [2.24, 2.45) is 0 Å². The molecule has 0 bridgehead atoms. The van der Waals surface area contributed by atoms with Crippen molar-refractivity contribution in [2.45, 2.75) is 117 Å². The van der Waals surface area contributed by atoms with Gasteiger partial charge in [-0.15, -0.1) is 0 Å². The molecule has 0 fully saturated rings. The molecule has 10 heteroatoms. The van der Waals surface area contributed by atoms with Crippen molar-refractivity contribution in [1.82, 2.24) is 0 Å². The predicted octanol–water partition coefficient (Wildman–Crippen LogP) is 7.43. The zero-order valence-electron chi connectivity index (χ0n) is 31.5. The molecule has 0 aliphatic heterocycles. The molecule has 0 aromatic carbocycles. The number of unbranched alkanes of at least 4 members (excludes halogenated alkanes) is 14. The summed E-state index contributed by atoms with van der Waals surface area (Å²) in [5.74, 6) is 0. The summed E-state index contributed by atoms with van der Waals surface area (Å²) in [7, 11) is 0. The summed E-state index contributed by atoms with van der Waals surface area (Å²) >= 11 is 0. The van der Waals surface area contributed by atoms with Gasteiger partial charge in [0.1, 0.15) is 0 Å². The maximum absolute atomic E-state index is 5.68. The minimum atomic E-state index is 0.535. The Morgan fingerprint density at radius 2 is 0.312 bits per heavy atom. The Balaban J connectivity index is 3.04. The lowest BCUT2D eigenvalue weighted by molar-refractivity contribution is -0.0264. The van der Waals surface area contributed by atoms with E-state index in [-0.39, 0.29) is 0 Å². The SMILES string of the molecule is CCCCCCCCCCCCCCCOCCOCCOCCOCCOCCOCCOCCOCCOCCOCCCCC. The van der Waals surface area contributed by atoms with Crippen LogP contribution in [0.2, 0.25) is 0 Å². The molecule has 0 rings (SSSR count). The van der Waals surface area contributed by atoms with Crippen molar-refractivity contribution < 1.29 is 47.4 Å². The van der Waals surface area contributed by atoms with Gasteiger partial charge in [0.25, 0.3) is 0 Å². The van der Waals surface area contributed by atoms with Crippen LogP contribution in [0.4, 0.5) is 0 Å². The lowest BCUT2D eigenvalue weighted by atomic mass is 10.0. The molecule has 0 atom stereocenters. The highest BCUT2D eigenvalue weighted by Gasteiger charge is 1.97. The molecule has 0 saturated carbocycles. The molecule has 0 N–H and O–H groups in total. The second kappa shape index (κ2) is 46.6. The van der Waals surface area contributed by atoms with Gasteiger partial charge in [-0.1, -0.05) is 104 Å². The highest BCUT2D eigenvalue weighted by atomic mass is 16.6. The minimum absolute atomic E-state index is 0.535. The molecule has 0 aromatic heterocycles. The first-order valence-electron chi connectivity index (χ1n) is 19.7. The fourth-order valence-corrected chi connectivity index (χ4v) is 4.76. The van der Waals surface area contributed by atoms with Crippen LogP contribution in [0.25, 0.3) is 0 Å². The smallest absolute Gasteiger partial charge is 0.0701 e. The molecule has 0 aromatic rings. The van der Waals surface area contributed by atoms with E-state index in [1.165, 1.54) is 89.9 Å². The zero-order chi connectivity index (χ0) is 34.5. The summed E-state index contributed by atoms with van der Waals surface area (Å²) in [6.07, 6.45) is 21.4. The number of ether oxygens (including phenoxy) is 10. The van der Waals surface area contributed by atoms with E-state index in [0.29, 0.717) is 119 Å². The first kappa shape index (κ1) is 47.6. The lowest BCUT2D eigenvalue weighted by Gasteiger charge is -2.09. The Labute approximate surface area is 295 Å². The largest absolute Gasteiger partial charge is 0.379 e. The third-order valence-electron chi connectivity index (χ3n) is 7.63. The van der Waals surface area contributed by atoms with Crippen LogP contribution in [0.1, 0.15) is 117 Å². The Kier molecular flexibility index (Phi) is 46.2. The van der Waals surface area contributed by atoms with E-state index < -0.39 is 0 Å². The van der Waals surface area contributed by atoms with Gasteiger partial charge in [0, 0.05) is 13.2 Å². The first-order valence-corrected chi connectivity index (χ1v) is 19.7. The van der Waals surface area contributed by atoms with Gasteiger partial charge in [-0.3, -0.25) is 0 Å². The normalized spacial score (nSPS) is 11.6. The Morgan fingerprint density at radius 1 is 0.167 bits per heavy atom. The van der Waals surface area contributed by atoms with Crippen molar-refractivity contribution in [3.05, 3.63) is 0 Å². The lowest BCUT2D eigenvalue weighted by Crippen LogP contribution is -2.15. The van der Waals surface area contributed by atoms with Crippen molar-refractivity contribution in [2.75, 3.05) is 132 Å². The molecular formula is C38H78O10. The van der Waals surface area contributed by atoms with Crippen LogP contribution in [0, 0.1) is 0 Å². The summed E-state index contributed by atoms with van der Waals surface area (Å²) in [5, 5.41) is 0. The van der Waals surface area contributed by atoms with Crippen LogP contribution in [0.3, 0.4) is 0 Å². The Bertz CT molecular complexity index is 498. The number of rotatable bonds is 45. The van der Waals surface area contributed by atoms with Gasteiger partial charge in [0.15, 0.2) is 0 Å². The zero-order valence-corrected chi connectivity index (χ0v) is 31.5. The summed E-state index contributed by atoms with van der Waals surface area (Å²) in [6, 6.07) is 0. The number of hydrogen-bond donors (Lipinski definition) is 0. The average molecular weight is 695 g/mol. The summed E-state index contributed by atoms with van der Waals surface area (Å²) < 4.78 is 55.3. The van der Waals surface area contributed by atoms with E-state index in [0.717, 1.165) is 26.1 Å². The minimum Gasteiger partial charge on any atom is -0.379 e. The molecule has 290 valence electrons. The molecule has 0 aliphatic carbocycles. The maximum atomic E-state index is 5.68. The van der Waals surface area contributed by atoms with Crippen LogP contribution in [0.15, 0.2) is 0 Å². The van der Waals surface area contributed by atoms with E-state index in [1.807, 2.05) is 0 Å². The van der Waals surface area contributed by atoms with Crippen molar-refractivity contribution >= 4 is 0 Å². The third kappa shape index (κ3) is 45.6. The molecule has 0 unspecified atom stereocenters. The topological polar surface area (TPSA) is 92.3 Å². The van der Waals surface area contributed by atoms with Crippen LogP contribution < -0.4 is 0 Å². The standard InChI is InChI=1S/C38H78O10/c1-3-5-7-8-9-10-11-12-13-14-15-16-18-20-40-22-24-42-26-28-44-30-32-46-34-36-48-38-37-47-35-33-45-31-29-43-27-25-41-23-21-39-19-17-6-4-2/h3-38H2,1-2H3. The number of hydrogen-bond acceptors (Lipinski definition) is 10. The van der Waals surface area contributed by atoms with Crippen LogP contribution in [0.5, 0.6) is 0 Å². The van der Waals surface area contributed by atoms with Crippen molar-refractivity contribution in [3.8, 4) is 0 Å². The highest BCUT2D eigenvalue weighted by Crippen LogP contribution is 2.12. The Hall–Kier alpha value is -0.400. The molecule has 0 amide bonds. The molecule has 0 heterocycles. The van der Waals surface area contributed by atoms with Gasteiger partial charge >= 0.3 is 0 Å². The summed E-state index contributed by atoms with van der Waals surface area (Å²) in [4.78, 5) is 0. The molecule has 0 spiro atoms. The molecular weight excluding hydrogens is 616 g/mol. The van der Waals surface area contributed by atoms with Gasteiger partial charge in [0.05, 0.1) is 119 Å². The van der Waals surface area contributed by atoms with E-state index in [9.17, 15) is 0 Å². The monoisotopic (exact) mass is 695 g/mol. The van der Waals surface area contributed by atoms with Gasteiger partial charge < -0.3 is 47.4 Å². The molecule has 0 saturated heterocycles. The predicted molar refractivity (Wildman–Crippen MR) is 193 cm³/mol. The third-order valence-corrected chi connectivity index (χ3v) is 7.63.